The zero-order chi connectivity index (χ0) is 26.3. The van der Waals surface area contributed by atoms with Crippen molar-refractivity contribution in [2.24, 2.45) is 5.41 Å². The molecule has 0 bridgehead atoms. The number of hydrogen-bond acceptors (Lipinski definition) is 8. The summed E-state index contributed by atoms with van der Waals surface area (Å²) < 4.78 is 49.6. The summed E-state index contributed by atoms with van der Waals surface area (Å²) in [4.78, 5) is 12.0. The fourth-order valence-electron chi connectivity index (χ4n) is 6.31. The van der Waals surface area contributed by atoms with Crippen LogP contribution in [-0.2, 0) is 17.8 Å². The van der Waals surface area contributed by atoms with Crippen LogP contribution in [0.25, 0.3) is 5.69 Å². The first-order valence-electron chi connectivity index (χ1n) is 12.3. The molecule has 3 aliphatic heterocycles. The van der Waals surface area contributed by atoms with E-state index in [1.165, 1.54) is 4.90 Å². The minimum absolute atomic E-state index is 0.000379. The molecule has 3 fully saturated rings. The average molecular weight is 543 g/mol. The third-order valence-electron chi connectivity index (χ3n) is 8.36. The Morgan fingerprint density at radius 3 is 2.58 bits per heavy atom. The van der Waals surface area contributed by atoms with Crippen LogP contribution in [0.3, 0.4) is 0 Å². The van der Waals surface area contributed by atoms with Gasteiger partial charge in [0, 0.05) is 42.2 Å². The van der Waals surface area contributed by atoms with Crippen molar-refractivity contribution < 1.29 is 17.9 Å². The summed E-state index contributed by atoms with van der Waals surface area (Å²) in [6.45, 7) is 0.834. The average Bonchev–Trinajstić information content (AvgIpc) is 3.11. The molecule has 1 saturated carbocycles. The summed E-state index contributed by atoms with van der Waals surface area (Å²) in [5.74, 6) is 1.93. The first kappa shape index (κ1) is 23.8. The van der Waals surface area contributed by atoms with Crippen LogP contribution < -0.4 is 4.90 Å². The van der Waals surface area contributed by atoms with Gasteiger partial charge in [-0.05, 0) is 42.7 Å². The predicted molar refractivity (Wildman–Crippen MR) is 129 cm³/mol. The van der Waals surface area contributed by atoms with Crippen LogP contribution in [0.1, 0.15) is 41.7 Å². The van der Waals surface area contributed by atoms with Crippen LogP contribution in [0.5, 0.6) is 0 Å². The molecule has 0 amide bonds. The second kappa shape index (κ2) is 8.11. The Morgan fingerprint density at radius 2 is 1.89 bits per heavy atom. The summed E-state index contributed by atoms with van der Waals surface area (Å²) in [6, 6.07) is 8.94. The van der Waals surface area contributed by atoms with Crippen LogP contribution in [0, 0.1) is 16.7 Å². The lowest BCUT2D eigenvalue weighted by Gasteiger charge is -2.58. The second-order valence-electron chi connectivity index (χ2n) is 10.8. The highest BCUT2D eigenvalue weighted by molar-refractivity contribution is 6.30. The van der Waals surface area contributed by atoms with Gasteiger partial charge in [0.15, 0.2) is 11.4 Å². The fraction of sp³-hybridized carbons (Fsp3) is 0.480. The van der Waals surface area contributed by atoms with E-state index in [1.807, 2.05) is 16.7 Å². The van der Waals surface area contributed by atoms with Gasteiger partial charge in [-0.15, -0.1) is 10.2 Å². The summed E-state index contributed by atoms with van der Waals surface area (Å²) in [7, 11) is 0. The maximum Gasteiger partial charge on any atom is 0.411 e. The maximum absolute atomic E-state index is 14.2. The highest BCUT2D eigenvalue weighted by atomic mass is 35.5. The van der Waals surface area contributed by atoms with Gasteiger partial charge in [-0.25, -0.2) is 9.97 Å². The molecular formula is C25H22ClF3N8O. The number of benzene rings is 1. The Kier molecular flexibility index (Phi) is 5.09. The van der Waals surface area contributed by atoms with E-state index in [9.17, 15) is 13.2 Å². The molecule has 1 aromatic carbocycles. The van der Waals surface area contributed by atoms with E-state index in [2.05, 4.69) is 25.1 Å². The van der Waals surface area contributed by atoms with E-state index in [0.717, 1.165) is 37.4 Å². The van der Waals surface area contributed by atoms with E-state index >= 15 is 0 Å². The third-order valence-corrected chi connectivity index (χ3v) is 8.60. The van der Waals surface area contributed by atoms with Gasteiger partial charge in [0.05, 0.1) is 25.4 Å². The number of nitriles is 1. The molecule has 3 aromatic rings. The Morgan fingerprint density at radius 1 is 1.11 bits per heavy atom. The molecule has 7 rings (SSSR count). The van der Waals surface area contributed by atoms with Gasteiger partial charge in [-0.1, -0.05) is 11.6 Å². The highest BCUT2D eigenvalue weighted by Crippen LogP contribution is 2.56. The van der Waals surface area contributed by atoms with Crippen LogP contribution in [-0.4, -0.2) is 67.7 Å². The lowest BCUT2D eigenvalue weighted by molar-refractivity contribution is -0.310. The predicted octanol–water partition coefficient (Wildman–Crippen LogP) is 3.61. The molecule has 1 aliphatic carbocycles. The van der Waals surface area contributed by atoms with Crippen molar-refractivity contribution in [3.63, 3.8) is 0 Å². The van der Waals surface area contributed by atoms with Gasteiger partial charge in [0.1, 0.15) is 17.6 Å². The molecule has 0 atom stereocenters. The summed E-state index contributed by atoms with van der Waals surface area (Å²) >= 11 is 6.28. The van der Waals surface area contributed by atoms with Crippen LogP contribution >= 0.6 is 11.6 Å². The van der Waals surface area contributed by atoms with Crippen molar-refractivity contribution in [1.82, 2.24) is 29.6 Å². The van der Waals surface area contributed by atoms with Crippen molar-refractivity contribution in [2.75, 3.05) is 31.2 Å². The lowest BCUT2D eigenvalue weighted by Crippen LogP contribution is -2.69. The number of hydrogen-bond donors (Lipinski definition) is 0. The molecule has 0 radical (unpaired) electrons. The first-order chi connectivity index (χ1) is 18.2. The van der Waals surface area contributed by atoms with Gasteiger partial charge < -0.3 is 9.64 Å². The molecule has 1 spiro atoms. The molecule has 5 heterocycles. The zero-order valence-corrected chi connectivity index (χ0v) is 20.9. The maximum atomic E-state index is 14.2. The number of alkyl halides is 3. The number of halogens is 4. The second-order valence-corrected chi connectivity index (χ2v) is 11.2. The fourth-order valence-corrected chi connectivity index (χ4v) is 6.50. The quantitative estimate of drug-likeness (QED) is 0.495. The molecule has 9 nitrogen and oxygen atoms in total. The van der Waals surface area contributed by atoms with E-state index < -0.39 is 24.9 Å². The van der Waals surface area contributed by atoms with Crippen molar-refractivity contribution >= 4 is 17.5 Å². The number of ether oxygens (including phenoxy) is 1. The Labute approximate surface area is 220 Å². The summed E-state index contributed by atoms with van der Waals surface area (Å²) in [5, 5.41) is 18.5. The third kappa shape index (κ3) is 3.45. The van der Waals surface area contributed by atoms with E-state index in [0.29, 0.717) is 28.1 Å². The Balaban J connectivity index is 1.16. The highest BCUT2D eigenvalue weighted by Gasteiger charge is 2.64. The van der Waals surface area contributed by atoms with Crippen molar-refractivity contribution in [3.8, 4) is 11.8 Å². The van der Waals surface area contributed by atoms with Crippen molar-refractivity contribution in [3.05, 3.63) is 58.4 Å². The monoisotopic (exact) mass is 542 g/mol. The number of anilines is 1. The molecule has 2 saturated heterocycles. The largest absolute Gasteiger partial charge is 0.411 e. The Hall–Kier alpha value is -3.27. The number of nitrogens with zero attached hydrogens (tertiary/aromatic N) is 8. The smallest absolute Gasteiger partial charge is 0.377 e. The molecule has 38 heavy (non-hydrogen) atoms. The standard InChI is InChI=1S/C25H22ClF3N8O/c26-17-1-2-19-15(5-17)9-36(24(13-38-14-24)25(27,28)29)10-20-33-34-21(37(19)20)16-6-23(7-16)11-35(12-23)22-31-4-3-18(8-30)32-22/h1-5,16H,6-7,9-14H2. The van der Waals surface area contributed by atoms with E-state index in [4.69, 9.17) is 21.6 Å². The van der Waals surface area contributed by atoms with Gasteiger partial charge in [-0.2, -0.15) is 18.4 Å². The minimum atomic E-state index is -4.45. The van der Waals surface area contributed by atoms with Gasteiger partial charge in [-0.3, -0.25) is 9.47 Å². The zero-order valence-electron chi connectivity index (χ0n) is 20.1. The molecule has 2 aromatic heterocycles. The van der Waals surface area contributed by atoms with Gasteiger partial charge in [0.25, 0.3) is 0 Å². The summed E-state index contributed by atoms with van der Waals surface area (Å²) in [6.07, 6.45) is -1.10. The van der Waals surface area contributed by atoms with Crippen molar-refractivity contribution in [2.45, 2.75) is 43.6 Å². The topological polar surface area (TPSA) is 96.0 Å². The Bertz CT molecular complexity index is 1470. The van der Waals surface area contributed by atoms with Crippen molar-refractivity contribution in [1.29, 1.82) is 5.26 Å². The molecule has 0 N–H and O–H groups in total. The van der Waals surface area contributed by atoms with E-state index in [-0.39, 0.29) is 24.4 Å². The summed E-state index contributed by atoms with van der Waals surface area (Å²) in [5.41, 5.74) is -0.156. The molecule has 0 unspecified atom stereocenters. The normalized spacial score (nSPS) is 21.9. The van der Waals surface area contributed by atoms with E-state index in [1.54, 1.807) is 24.4 Å². The number of aromatic nitrogens is 5. The molecule has 4 aliphatic rings. The number of rotatable bonds is 3. The first-order valence-corrected chi connectivity index (χ1v) is 12.7. The van der Waals surface area contributed by atoms with Crippen LogP contribution in [0.4, 0.5) is 19.1 Å². The van der Waals surface area contributed by atoms with Gasteiger partial charge in [0.2, 0.25) is 5.95 Å². The number of fused-ring (bicyclic) bond motifs is 3. The molecular weight excluding hydrogens is 521 g/mol. The SMILES string of the molecule is N#Cc1ccnc(N2CC3(CC(c4nnc5n4-c4ccc(Cl)cc4CN(C4(C(F)(F)F)COC4)C5)C3)C2)n1. The van der Waals surface area contributed by atoms with Crippen LogP contribution in [0.15, 0.2) is 30.5 Å². The minimum Gasteiger partial charge on any atom is -0.377 e. The van der Waals surface area contributed by atoms with Gasteiger partial charge >= 0.3 is 6.18 Å². The van der Waals surface area contributed by atoms with Crippen LogP contribution in [0.2, 0.25) is 5.02 Å². The molecule has 196 valence electrons. The molecule has 13 heteroatoms. The lowest BCUT2D eigenvalue weighted by atomic mass is 9.57.